The number of benzene rings is 1. The van der Waals surface area contributed by atoms with Gasteiger partial charge in [-0.15, -0.1) is 6.58 Å². The van der Waals surface area contributed by atoms with Gasteiger partial charge in [0.15, 0.2) is 5.78 Å². The van der Waals surface area contributed by atoms with Crippen molar-refractivity contribution in [1.82, 2.24) is 0 Å². The van der Waals surface area contributed by atoms with Gasteiger partial charge in [-0.2, -0.15) is 0 Å². The Labute approximate surface area is 102 Å². The number of allylic oxidation sites excluding steroid dienone is 1. The van der Waals surface area contributed by atoms with Crippen LogP contribution in [0, 0.1) is 5.92 Å². The lowest BCUT2D eigenvalue weighted by molar-refractivity contribution is -0.120. The van der Waals surface area contributed by atoms with Gasteiger partial charge in [-0.05, 0) is 18.1 Å². The molecule has 1 N–H and O–H groups in total. The molecule has 0 aliphatic heterocycles. The quantitative estimate of drug-likeness (QED) is 0.602. The Morgan fingerprint density at radius 3 is 2.65 bits per heavy atom. The highest BCUT2D eigenvalue weighted by molar-refractivity contribution is 5.95. The highest BCUT2D eigenvalue weighted by atomic mass is 16.3. The molecule has 2 nitrogen and oxygen atoms in total. The van der Waals surface area contributed by atoms with Gasteiger partial charge in [-0.25, -0.2) is 0 Å². The van der Waals surface area contributed by atoms with Gasteiger partial charge in [0.25, 0.3) is 0 Å². The highest BCUT2D eigenvalue weighted by Crippen LogP contribution is 2.11. The van der Waals surface area contributed by atoms with Crippen LogP contribution in [0.2, 0.25) is 0 Å². The maximum atomic E-state index is 11.8. The lowest BCUT2D eigenvalue weighted by atomic mass is 9.96. The zero-order chi connectivity index (χ0) is 12.7. The summed E-state index contributed by atoms with van der Waals surface area (Å²) in [6.45, 7) is 5.27. The van der Waals surface area contributed by atoms with E-state index in [1.165, 1.54) is 6.08 Å². The van der Waals surface area contributed by atoms with Gasteiger partial charge in [0.1, 0.15) is 0 Å². The molecule has 2 heteroatoms. The molecule has 0 aliphatic carbocycles. The fourth-order valence-corrected chi connectivity index (χ4v) is 1.46. The average molecular weight is 230 g/mol. The van der Waals surface area contributed by atoms with E-state index in [1.807, 2.05) is 30.3 Å². The topological polar surface area (TPSA) is 37.3 Å². The maximum Gasteiger partial charge on any atom is 0.161 e. The average Bonchev–Trinajstić information content (AvgIpc) is 2.36. The summed E-state index contributed by atoms with van der Waals surface area (Å²) in [5.41, 5.74) is 0.978. The molecule has 0 saturated heterocycles. The van der Waals surface area contributed by atoms with Crippen LogP contribution in [0.5, 0.6) is 0 Å². The second kappa shape index (κ2) is 6.81. The summed E-state index contributed by atoms with van der Waals surface area (Å²) in [7, 11) is 0. The zero-order valence-corrected chi connectivity index (χ0v) is 10.0. The number of carbonyl (C=O) groups is 1. The summed E-state index contributed by atoms with van der Waals surface area (Å²) in [6, 6.07) is 9.61. The van der Waals surface area contributed by atoms with E-state index in [9.17, 15) is 9.90 Å². The van der Waals surface area contributed by atoms with E-state index in [-0.39, 0.29) is 5.78 Å². The molecule has 0 spiro atoms. The second-order valence-electron chi connectivity index (χ2n) is 4.03. The van der Waals surface area contributed by atoms with Gasteiger partial charge in [0.05, 0.1) is 6.10 Å². The smallest absolute Gasteiger partial charge is 0.161 e. The molecule has 90 valence electrons. The van der Waals surface area contributed by atoms with Crippen LogP contribution in [0.1, 0.15) is 18.9 Å². The van der Waals surface area contributed by atoms with E-state index in [1.54, 1.807) is 19.1 Å². The van der Waals surface area contributed by atoms with Crippen LogP contribution < -0.4 is 0 Å². The number of ketones is 1. The number of carbonyl (C=O) groups excluding carboxylic acids is 1. The Kier molecular flexibility index (Phi) is 5.37. The van der Waals surface area contributed by atoms with Gasteiger partial charge in [-0.1, -0.05) is 49.4 Å². The van der Waals surface area contributed by atoms with Crippen LogP contribution in [-0.4, -0.2) is 17.0 Å². The molecule has 17 heavy (non-hydrogen) atoms. The van der Waals surface area contributed by atoms with E-state index >= 15 is 0 Å². The van der Waals surface area contributed by atoms with Crippen molar-refractivity contribution in [3.05, 3.63) is 54.6 Å². The van der Waals surface area contributed by atoms with Gasteiger partial charge in [0.2, 0.25) is 0 Å². The molecule has 0 bridgehead atoms. The fourth-order valence-electron chi connectivity index (χ4n) is 1.46. The van der Waals surface area contributed by atoms with Crippen LogP contribution in [0.15, 0.2) is 49.1 Å². The molecule has 0 aliphatic rings. The third-order valence-corrected chi connectivity index (χ3v) is 2.67. The van der Waals surface area contributed by atoms with Crippen LogP contribution in [0.3, 0.4) is 0 Å². The summed E-state index contributed by atoms with van der Waals surface area (Å²) < 4.78 is 0. The Morgan fingerprint density at radius 1 is 1.41 bits per heavy atom. The first-order chi connectivity index (χ1) is 8.15. The zero-order valence-electron chi connectivity index (χ0n) is 10.0. The molecule has 0 fully saturated rings. The third kappa shape index (κ3) is 4.37. The first-order valence-corrected chi connectivity index (χ1v) is 5.71. The van der Waals surface area contributed by atoms with Crippen molar-refractivity contribution in [3.8, 4) is 0 Å². The minimum Gasteiger partial charge on any atom is -0.392 e. The molecule has 0 amide bonds. The molecule has 1 aromatic carbocycles. The predicted molar refractivity (Wildman–Crippen MR) is 70.5 cm³/mol. The Morgan fingerprint density at radius 2 is 2.06 bits per heavy atom. The Bertz CT molecular complexity index is 393. The molecule has 0 saturated carbocycles. The molecule has 2 atom stereocenters. The number of rotatable bonds is 6. The first-order valence-electron chi connectivity index (χ1n) is 5.71. The molecule has 0 radical (unpaired) electrons. The van der Waals surface area contributed by atoms with Crippen molar-refractivity contribution in [2.75, 3.05) is 0 Å². The van der Waals surface area contributed by atoms with Crippen molar-refractivity contribution >= 4 is 11.9 Å². The van der Waals surface area contributed by atoms with Crippen molar-refractivity contribution in [1.29, 1.82) is 0 Å². The lowest BCUT2D eigenvalue weighted by Crippen LogP contribution is -2.23. The van der Waals surface area contributed by atoms with Crippen molar-refractivity contribution in [2.24, 2.45) is 5.92 Å². The summed E-state index contributed by atoms with van der Waals surface area (Å²) in [5.74, 6) is -0.462. The molecular weight excluding hydrogens is 212 g/mol. The van der Waals surface area contributed by atoms with E-state index < -0.39 is 12.0 Å². The molecule has 0 unspecified atom stereocenters. The lowest BCUT2D eigenvalue weighted by Gasteiger charge is -2.13. The van der Waals surface area contributed by atoms with E-state index in [2.05, 4.69) is 6.58 Å². The molecule has 0 aromatic heterocycles. The summed E-state index contributed by atoms with van der Waals surface area (Å²) in [5, 5.41) is 9.66. The maximum absolute atomic E-state index is 11.8. The summed E-state index contributed by atoms with van der Waals surface area (Å²) in [4.78, 5) is 11.8. The van der Waals surface area contributed by atoms with Crippen molar-refractivity contribution in [2.45, 2.75) is 19.4 Å². The molecule has 1 aromatic rings. The second-order valence-corrected chi connectivity index (χ2v) is 4.03. The summed E-state index contributed by atoms with van der Waals surface area (Å²) in [6.07, 6.45) is 4.69. The van der Waals surface area contributed by atoms with Crippen LogP contribution in [0.25, 0.3) is 6.08 Å². The number of aliphatic hydroxyl groups is 1. The largest absolute Gasteiger partial charge is 0.392 e. The van der Waals surface area contributed by atoms with E-state index in [0.29, 0.717) is 6.42 Å². The van der Waals surface area contributed by atoms with Gasteiger partial charge in [-0.3, -0.25) is 4.79 Å². The van der Waals surface area contributed by atoms with Crippen molar-refractivity contribution in [3.63, 3.8) is 0 Å². The molecule has 0 heterocycles. The van der Waals surface area contributed by atoms with Gasteiger partial charge in [0, 0.05) is 5.92 Å². The Hall–Kier alpha value is -1.67. The number of hydrogen-bond acceptors (Lipinski definition) is 2. The van der Waals surface area contributed by atoms with E-state index in [4.69, 9.17) is 0 Å². The molecular formula is C15H18O2. The van der Waals surface area contributed by atoms with E-state index in [0.717, 1.165) is 5.56 Å². The molecule has 1 rings (SSSR count). The SMILES string of the molecule is C=CC[C@H](O)[C@@H](C)C(=O)/C=C/c1ccccc1. The fraction of sp³-hybridized carbons (Fsp3) is 0.267. The van der Waals surface area contributed by atoms with Crippen LogP contribution >= 0.6 is 0 Å². The van der Waals surface area contributed by atoms with Gasteiger partial charge < -0.3 is 5.11 Å². The minimum atomic E-state index is -0.652. The van der Waals surface area contributed by atoms with Crippen LogP contribution in [-0.2, 0) is 4.79 Å². The monoisotopic (exact) mass is 230 g/mol. The van der Waals surface area contributed by atoms with Crippen LogP contribution in [0.4, 0.5) is 0 Å². The normalized spacial score (nSPS) is 14.5. The van der Waals surface area contributed by atoms with Gasteiger partial charge >= 0.3 is 0 Å². The number of aliphatic hydroxyl groups excluding tert-OH is 1. The number of hydrogen-bond donors (Lipinski definition) is 1. The first kappa shape index (κ1) is 13.4. The standard InChI is InChI=1S/C15H18O2/c1-3-7-14(16)12(2)15(17)11-10-13-8-5-4-6-9-13/h3-6,8-12,14,16H,1,7H2,2H3/b11-10+/t12-,14+/m1/s1. The third-order valence-electron chi connectivity index (χ3n) is 2.67. The predicted octanol–water partition coefficient (Wildman–Crippen LogP) is 2.84. The highest BCUT2D eigenvalue weighted by Gasteiger charge is 2.18. The van der Waals surface area contributed by atoms with Crippen molar-refractivity contribution < 1.29 is 9.90 Å². The minimum absolute atomic E-state index is 0.0665. The Balaban J connectivity index is 2.60. The summed E-state index contributed by atoms with van der Waals surface area (Å²) >= 11 is 0.